The Balaban J connectivity index is 1.87. The van der Waals surface area contributed by atoms with Crippen LogP contribution >= 0.6 is 11.6 Å². The lowest BCUT2D eigenvalue weighted by atomic mass is 9.86. The fourth-order valence-corrected chi connectivity index (χ4v) is 2.19. The van der Waals surface area contributed by atoms with E-state index in [1.165, 1.54) is 19.3 Å². The van der Waals surface area contributed by atoms with E-state index < -0.39 is 5.82 Å². The zero-order valence-electron chi connectivity index (χ0n) is 9.70. The van der Waals surface area contributed by atoms with E-state index in [-0.39, 0.29) is 5.15 Å². The van der Waals surface area contributed by atoms with E-state index in [1.807, 2.05) is 0 Å². The molecule has 0 N–H and O–H groups in total. The molecule has 2 aromatic rings. The first kappa shape index (κ1) is 11.7. The van der Waals surface area contributed by atoms with E-state index in [0.29, 0.717) is 29.2 Å². The van der Waals surface area contributed by atoms with Crippen molar-refractivity contribution in [2.45, 2.75) is 19.3 Å². The number of pyridine rings is 2. The van der Waals surface area contributed by atoms with E-state index in [9.17, 15) is 4.39 Å². The number of fused-ring (bicyclic) bond motifs is 1. The Bertz CT molecular complexity index is 586. The third-order valence-corrected chi connectivity index (χ3v) is 3.59. The molecule has 1 fully saturated rings. The van der Waals surface area contributed by atoms with E-state index in [0.717, 1.165) is 6.20 Å². The van der Waals surface area contributed by atoms with E-state index in [2.05, 4.69) is 9.97 Å². The van der Waals surface area contributed by atoms with Gasteiger partial charge in [0.25, 0.3) is 0 Å². The topological polar surface area (TPSA) is 35.0 Å². The first-order chi connectivity index (χ1) is 8.74. The normalized spacial score (nSPS) is 15.7. The summed E-state index contributed by atoms with van der Waals surface area (Å²) in [5, 5.41) is 0.554. The number of hydrogen-bond acceptors (Lipinski definition) is 3. The summed E-state index contributed by atoms with van der Waals surface area (Å²) >= 11 is 5.86. The third-order valence-electron chi connectivity index (χ3n) is 3.32. The van der Waals surface area contributed by atoms with Crippen LogP contribution in [0, 0.1) is 11.7 Å². The molecule has 3 nitrogen and oxygen atoms in total. The number of rotatable bonds is 3. The summed E-state index contributed by atoms with van der Waals surface area (Å²) in [5.74, 6) is 0.776. The van der Waals surface area contributed by atoms with Gasteiger partial charge in [-0.1, -0.05) is 18.0 Å². The van der Waals surface area contributed by atoms with Crippen LogP contribution in [0.1, 0.15) is 19.3 Å². The maximum absolute atomic E-state index is 13.6. The monoisotopic (exact) mass is 266 g/mol. The minimum atomic E-state index is -0.434. The molecule has 1 aliphatic rings. The summed E-state index contributed by atoms with van der Waals surface area (Å²) in [7, 11) is 0. The van der Waals surface area contributed by atoms with Crippen LogP contribution in [-0.2, 0) is 0 Å². The highest BCUT2D eigenvalue weighted by Crippen LogP contribution is 2.29. The number of ether oxygens (including phenoxy) is 1. The Morgan fingerprint density at radius 1 is 1.33 bits per heavy atom. The molecule has 2 aromatic heterocycles. The molecule has 94 valence electrons. The van der Waals surface area contributed by atoms with Gasteiger partial charge in [-0.3, -0.25) is 0 Å². The summed E-state index contributed by atoms with van der Waals surface area (Å²) in [6, 6.07) is 1.63. The highest BCUT2D eigenvalue weighted by molar-refractivity contribution is 6.33. The van der Waals surface area contributed by atoms with Crippen molar-refractivity contribution in [3.05, 3.63) is 29.4 Å². The van der Waals surface area contributed by atoms with Crippen molar-refractivity contribution in [2.75, 3.05) is 6.61 Å². The number of halogens is 2. The molecule has 1 aliphatic carbocycles. The van der Waals surface area contributed by atoms with Crippen LogP contribution in [0.15, 0.2) is 18.5 Å². The Kier molecular flexibility index (Phi) is 3.04. The summed E-state index contributed by atoms with van der Waals surface area (Å²) < 4.78 is 19.2. The van der Waals surface area contributed by atoms with Gasteiger partial charge < -0.3 is 4.74 Å². The van der Waals surface area contributed by atoms with Gasteiger partial charge in [-0.05, 0) is 24.8 Å². The summed E-state index contributed by atoms with van der Waals surface area (Å²) in [4.78, 5) is 7.82. The Morgan fingerprint density at radius 2 is 2.17 bits per heavy atom. The molecule has 0 bridgehead atoms. The first-order valence-corrected chi connectivity index (χ1v) is 6.34. The highest BCUT2D eigenvalue weighted by atomic mass is 35.5. The van der Waals surface area contributed by atoms with Crippen molar-refractivity contribution >= 4 is 22.5 Å². The molecule has 0 aliphatic heterocycles. The van der Waals surface area contributed by atoms with E-state index in [4.69, 9.17) is 16.3 Å². The molecule has 0 aromatic carbocycles. The van der Waals surface area contributed by atoms with Crippen LogP contribution in [0.3, 0.4) is 0 Å². The van der Waals surface area contributed by atoms with Crippen LogP contribution in [0.4, 0.5) is 4.39 Å². The Morgan fingerprint density at radius 3 is 2.89 bits per heavy atom. The molecular formula is C13H12ClFN2O. The minimum absolute atomic E-state index is 0.206. The fraction of sp³-hybridized carbons (Fsp3) is 0.385. The van der Waals surface area contributed by atoms with Crippen LogP contribution < -0.4 is 4.74 Å². The SMILES string of the molecule is Fc1cnc(Cl)c2ncc(OCC3CCC3)cc12. The van der Waals surface area contributed by atoms with Gasteiger partial charge >= 0.3 is 0 Å². The molecule has 1 saturated carbocycles. The van der Waals surface area contributed by atoms with Gasteiger partial charge in [0.05, 0.1) is 19.0 Å². The molecule has 5 heteroatoms. The maximum Gasteiger partial charge on any atom is 0.155 e. The first-order valence-electron chi connectivity index (χ1n) is 5.96. The van der Waals surface area contributed by atoms with Crippen LogP contribution in [0.2, 0.25) is 5.15 Å². The van der Waals surface area contributed by atoms with Gasteiger partial charge in [0.15, 0.2) is 11.0 Å². The molecule has 0 radical (unpaired) electrons. The second-order valence-corrected chi connectivity index (χ2v) is 4.93. The van der Waals surface area contributed by atoms with Crippen LogP contribution in [-0.4, -0.2) is 16.6 Å². The number of nitrogens with zero attached hydrogens (tertiary/aromatic N) is 2. The quantitative estimate of drug-likeness (QED) is 0.796. The Labute approximate surface area is 109 Å². The second-order valence-electron chi connectivity index (χ2n) is 4.57. The predicted molar refractivity (Wildman–Crippen MR) is 67.3 cm³/mol. The molecular weight excluding hydrogens is 255 g/mol. The minimum Gasteiger partial charge on any atom is -0.492 e. The maximum atomic E-state index is 13.6. The van der Waals surface area contributed by atoms with Gasteiger partial charge in [0.1, 0.15) is 11.3 Å². The number of hydrogen-bond donors (Lipinski definition) is 0. The molecule has 0 saturated heterocycles. The molecule has 0 amide bonds. The molecule has 0 spiro atoms. The van der Waals surface area contributed by atoms with E-state index in [1.54, 1.807) is 12.3 Å². The van der Waals surface area contributed by atoms with Crippen molar-refractivity contribution in [3.8, 4) is 5.75 Å². The lowest BCUT2D eigenvalue weighted by Gasteiger charge is -2.25. The lowest BCUT2D eigenvalue weighted by molar-refractivity contribution is 0.180. The molecule has 2 heterocycles. The van der Waals surface area contributed by atoms with Gasteiger partial charge in [-0.25, -0.2) is 14.4 Å². The lowest BCUT2D eigenvalue weighted by Crippen LogP contribution is -2.19. The zero-order chi connectivity index (χ0) is 12.5. The van der Waals surface area contributed by atoms with Crippen molar-refractivity contribution in [2.24, 2.45) is 5.92 Å². The summed E-state index contributed by atoms with van der Waals surface area (Å²) in [6.45, 7) is 0.674. The van der Waals surface area contributed by atoms with Crippen molar-refractivity contribution in [1.82, 2.24) is 9.97 Å². The number of aromatic nitrogens is 2. The average Bonchev–Trinajstić information content (AvgIpc) is 2.32. The summed E-state index contributed by atoms with van der Waals surface area (Å²) in [5.41, 5.74) is 0.368. The van der Waals surface area contributed by atoms with Gasteiger partial charge in [-0.15, -0.1) is 0 Å². The van der Waals surface area contributed by atoms with Gasteiger partial charge in [0.2, 0.25) is 0 Å². The zero-order valence-corrected chi connectivity index (χ0v) is 10.5. The standard InChI is InChI=1S/C13H12ClFN2O/c14-13-12-10(11(15)6-17-13)4-9(5-16-12)18-7-8-2-1-3-8/h4-6,8H,1-3,7H2. The van der Waals surface area contributed by atoms with Crippen molar-refractivity contribution in [3.63, 3.8) is 0 Å². The smallest absolute Gasteiger partial charge is 0.155 e. The molecule has 18 heavy (non-hydrogen) atoms. The Hall–Kier alpha value is -1.42. The van der Waals surface area contributed by atoms with Crippen molar-refractivity contribution < 1.29 is 9.13 Å². The molecule has 3 rings (SSSR count). The fourth-order valence-electron chi connectivity index (χ4n) is 1.99. The van der Waals surface area contributed by atoms with Gasteiger partial charge in [0, 0.05) is 5.39 Å². The molecule has 0 atom stereocenters. The molecule has 0 unspecified atom stereocenters. The average molecular weight is 267 g/mol. The van der Waals surface area contributed by atoms with E-state index >= 15 is 0 Å². The second kappa shape index (κ2) is 4.69. The highest BCUT2D eigenvalue weighted by Gasteiger charge is 2.18. The van der Waals surface area contributed by atoms with Crippen LogP contribution in [0.25, 0.3) is 10.9 Å². The van der Waals surface area contributed by atoms with Crippen LogP contribution in [0.5, 0.6) is 5.75 Å². The van der Waals surface area contributed by atoms with Gasteiger partial charge in [-0.2, -0.15) is 0 Å². The van der Waals surface area contributed by atoms with Crippen molar-refractivity contribution in [1.29, 1.82) is 0 Å². The largest absolute Gasteiger partial charge is 0.492 e. The summed E-state index contributed by atoms with van der Waals surface area (Å²) in [6.07, 6.45) is 6.37. The predicted octanol–water partition coefficient (Wildman–Crippen LogP) is 3.60. The third kappa shape index (κ3) is 2.12.